The third-order valence-corrected chi connectivity index (χ3v) is 2.94. The highest BCUT2D eigenvalue weighted by Gasteiger charge is 2.24. The molecular formula is C13H19N3O3. The van der Waals surface area contributed by atoms with Crippen LogP contribution in [0.4, 0.5) is 4.79 Å². The SMILES string of the molecule is CCC(C)[C@H](NC(=O)NCc1cccnc1)C(=O)O. The Morgan fingerprint density at radius 1 is 1.47 bits per heavy atom. The first kappa shape index (κ1) is 14.9. The molecule has 6 nitrogen and oxygen atoms in total. The summed E-state index contributed by atoms with van der Waals surface area (Å²) in [6.07, 6.45) is 3.97. The van der Waals surface area contributed by atoms with Crippen LogP contribution in [-0.4, -0.2) is 28.1 Å². The van der Waals surface area contributed by atoms with Gasteiger partial charge in [0.15, 0.2) is 0 Å². The number of hydrogen-bond donors (Lipinski definition) is 3. The van der Waals surface area contributed by atoms with Crippen molar-refractivity contribution in [2.24, 2.45) is 5.92 Å². The number of aliphatic carboxylic acids is 1. The molecule has 0 aliphatic heterocycles. The Hall–Kier alpha value is -2.11. The van der Waals surface area contributed by atoms with Crippen molar-refractivity contribution in [1.29, 1.82) is 0 Å². The number of carbonyl (C=O) groups is 2. The molecule has 2 atom stereocenters. The van der Waals surface area contributed by atoms with Crippen LogP contribution >= 0.6 is 0 Å². The van der Waals surface area contributed by atoms with Crippen molar-refractivity contribution in [3.8, 4) is 0 Å². The number of rotatable bonds is 6. The molecule has 0 saturated heterocycles. The second-order valence-electron chi connectivity index (χ2n) is 4.39. The van der Waals surface area contributed by atoms with Crippen molar-refractivity contribution in [3.63, 3.8) is 0 Å². The number of aromatic nitrogens is 1. The minimum atomic E-state index is -1.02. The second kappa shape index (κ2) is 7.35. The highest BCUT2D eigenvalue weighted by molar-refractivity contribution is 5.82. The summed E-state index contributed by atoms with van der Waals surface area (Å²) in [6.45, 7) is 3.99. The number of nitrogens with one attached hydrogen (secondary N) is 2. The molecule has 0 aromatic carbocycles. The zero-order valence-corrected chi connectivity index (χ0v) is 11.1. The molecule has 1 aromatic rings. The van der Waals surface area contributed by atoms with Crippen LogP contribution in [0.25, 0.3) is 0 Å². The molecule has 0 bridgehead atoms. The molecule has 1 aromatic heterocycles. The third kappa shape index (κ3) is 4.95. The van der Waals surface area contributed by atoms with Gasteiger partial charge >= 0.3 is 12.0 Å². The van der Waals surface area contributed by atoms with E-state index in [0.717, 1.165) is 5.56 Å². The zero-order chi connectivity index (χ0) is 14.3. The summed E-state index contributed by atoms with van der Waals surface area (Å²) in [5, 5.41) is 14.1. The Morgan fingerprint density at radius 2 is 2.21 bits per heavy atom. The number of carboxylic acids is 1. The maximum atomic E-state index is 11.6. The number of carboxylic acid groups (broad SMARTS) is 1. The van der Waals surface area contributed by atoms with Crippen molar-refractivity contribution in [2.75, 3.05) is 0 Å². The van der Waals surface area contributed by atoms with E-state index in [1.807, 2.05) is 13.0 Å². The van der Waals surface area contributed by atoms with Crippen molar-refractivity contribution in [2.45, 2.75) is 32.9 Å². The third-order valence-electron chi connectivity index (χ3n) is 2.94. The van der Waals surface area contributed by atoms with Crippen LogP contribution in [0.3, 0.4) is 0 Å². The van der Waals surface area contributed by atoms with Crippen LogP contribution in [0.1, 0.15) is 25.8 Å². The van der Waals surface area contributed by atoms with E-state index in [1.54, 1.807) is 25.4 Å². The summed E-state index contributed by atoms with van der Waals surface area (Å²) < 4.78 is 0. The molecule has 0 saturated carbocycles. The van der Waals surface area contributed by atoms with Gasteiger partial charge in [-0.15, -0.1) is 0 Å². The normalized spacial score (nSPS) is 13.4. The highest BCUT2D eigenvalue weighted by Crippen LogP contribution is 2.07. The lowest BCUT2D eigenvalue weighted by Gasteiger charge is -2.20. The molecule has 1 unspecified atom stereocenters. The first-order valence-electron chi connectivity index (χ1n) is 6.20. The van der Waals surface area contributed by atoms with Gasteiger partial charge in [0.25, 0.3) is 0 Å². The molecule has 6 heteroatoms. The number of pyridine rings is 1. The van der Waals surface area contributed by atoms with Gasteiger partial charge in [0, 0.05) is 18.9 Å². The van der Waals surface area contributed by atoms with E-state index in [0.29, 0.717) is 13.0 Å². The lowest BCUT2D eigenvalue weighted by Crippen LogP contribution is -2.48. The summed E-state index contributed by atoms with van der Waals surface area (Å²) in [4.78, 5) is 26.6. The van der Waals surface area contributed by atoms with Crippen LogP contribution < -0.4 is 10.6 Å². The number of amides is 2. The molecular weight excluding hydrogens is 246 g/mol. The zero-order valence-electron chi connectivity index (χ0n) is 11.1. The fraction of sp³-hybridized carbons (Fsp3) is 0.462. The molecule has 0 fully saturated rings. The number of hydrogen-bond acceptors (Lipinski definition) is 3. The largest absolute Gasteiger partial charge is 0.480 e. The highest BCUT2D eigenvalue weighted by atomic mass is 16.4. The number of nitrogens with zero attached hydrogens (tertiary/aromatic N) is 1. The average Bonchev–Trinajstić information content (AvgIpc) is 2.42. The van der Waals surface area contributed by atoms with Gasteiger partial charge < -0.3 is 15.7 Å². The monoisotopic (exact) mass is 265 g/mol. The fourth-order valence-corrected chi connectivity index (χ4v) is 1.56. The minimum absolute atomic E-state index is 0.123. The Bertz CT molecular complexity index is 422. The minimum Gasteiger partial charge on any atom is -0.480 e. The molecule has 2 amide bonds. The molecule has 19 heavy (non-hydrogen) atoms. The fourth-order valence-electron chi connectivity index (χ4n) is 1.56. The van der Waals surface area contributed by atoms with E-state index in [4.69, 9.17) is 5.11 Å². The number of carbonyl (C=O) groups excluding carboxylic acids is 1. The van der Waals surface area contributed by atoms with Crippen LogP contribution in [0.5, 0.6) is 0 Å². The Kier molecular flexibility index (Phi) is 5.78. The smallest absolute Gasteiger partial charge is 0.326 e. The topological polar surface area (TPSA) is 91.3 Å². The molecule has 0 radical (unpaired) electrons. The summed E-state index contributed by atoms with van der Waals surface area (Å²) in [7, 11) is 0. The van der Waals surface area contributed by atoms with Gasteiger partial charge in [-0.3, -0.25) is 4.98 Å². The second-order valence-corrected chi connectivity index (χ2v) is 4.39. The molecule has 3 N–H and O–H groups in total. The predicted molar refractivity (Wildman–Crippen MR) is 70.5 cm³/mol. The van der Waals surface area contributed by atoms with Crippen LogP contribution in [0.2, 0.25) is 0 Å². The first-order valence-corrected chi connectivity index (χ1v) is 6.20. The summed E-state index contributed by atoms with van der Waals surface area (Å²) in [6, 6.07) is 2.24. The van der Waals surface area contributed by atoms with E-state index >= 15 is 0 Å². The molecule has 0 aliphatic carbocycles. The van der Waals surface area contributed by atoms with E-state index < -0.39 is 18.0 Å². The van der Waals surface area contributed by atoms with Crippen molar-refractivity contribution < 1.29 is 14.7 Å². The lowest BCUT2D eigenvalue weighted by molar-refractivity contribution is -0.140. The van der Waals surface area contributed by atoms with E-state index in [-0.39, 0.29) is 5.92 Å². The van der Waals surface area contributed by atoms with Gasteiger partial charge in [-0.05, 0) is 17.5 Å². The number of urea groups is 1. The van der Waals surface area contributed by atoms with Crippen molar-refractivity contribution in [3.05, 3.63) is 30.1 Å². The van der Waals surface area contributed by atoms with Gasteiger partial charge in [-0.25, -0.2) is 9.59 Å². The van der Waals surface area contributed by atoms with E-state index in [2.05, 4.69) is 15.6 Å². The van der Waals surface area contributed by atoms with Gasteiger partial charge in [-0.1, -0.05) is 26.3 Å². The van der Waals surface area contributed by atoms with E-state index in [9.17, 15) is 9.59 Å². The maximum absolute atomic E-state index is 11.6. The summed E-state index contributed by atoms with van der Waals surface area (Å²) >= 11 is 0. The Morgan fingerprint density at radius 3 is 2.74 bits per heavy atom. The van der Waals surface area contributed by atoms with Gasteiger partial charge in [0.1, 0.15) is 6.04 Å². The molecule has 1 rings (SSSR count). The lowest BCUT2D eigenvalue weighted by atomic mass is 9.99. The molecule has 0 aliphatic rings. The van der Waals surface area contributed by atoms with Gasteiger partial charge in [0.2, 0.25) is 0 Å². The van der Waals surface area contributed by atoms with Gasteiger partial charge in [0.05, 0.1) is 0 Å². The van der Waals surface area contributed by atoms with Crippen molar-refractivity contribution in [1.82, 2.24) is 15.6 Å². The summed E-state index contributed by atoms with van der Waals surface area (Å²) in [5.41, 5.74) is 0.855. The maximum Gasteiger partial charge on any atom is 0.326 e. The van der Waals surface area contributed by atoms with Crippen LogP contribution in [0.15, 0.2) is 24.5 Å². The van der Waals surface area contributed by atoms with Crippen molar-refractivity contribution >= 4 is 12.0 Å². The standard InChI is InChI=1S/C13H19N3O3/c1-3-9(2)11(12(17)18)16-13(19)15-8-10-5-4-6-14-7-10/h4-7,9,11H,3,8H2,1-2H3,(H,17,18)(H2,15,16,19)/t9?,11-/m0/s1. The quantitative estimate of drug-likeness (QED) is 0.724. The van der Waals surface area contributed by atoms with E-state index in [1.165, 1.54) is 0 Å². The molecule has 0 spiro atoms. The van der Waals surface area contributed by atoms with Crippen LogP contribution in [-0.2, 0) is 11.3 Å². The molecule has 1 heterocycles. The van der Waals surface area contributed by atoms with Gasteiger partial charge in [-0.2, -0.15) is 0 Å². The first-order chi connectivity index (χ1) is 9.04. The average molecular weight is 265 g/mol. The predicted octanol–water partition coefficient (Wildman–Crippen LogP) is 1.38. The Balaban J connectivity index is 2.47. The Labute approximate surface area is 112 Å². The molecule has 104 valence electrons. The summed E-state index contributed by atoms with van der Waals surface area (Å²) in [5.74, 6) is -1.15. The van der Waals surface area contributed by atoms with Crippen LogP contribution in [0, 0.1) is 5.92 Å².